The van der Waals surface area contributed by atoms with Crippen molar-refractivity contribution in [3.63, 3.8) is 0 Å². The van der Waals surface area contributed by atoms with Gasteiger partial charge in [-0.25, -0.2) is 9.78 Å². The predicted molar refractivity (Wildman–Crippen MR) is 84.5 cm³/mol. The molecule has 1 unspecified atom stereocenters. The van der Waals surface area contributed by atoms with Crippen molar-refractivity contribution in [1.82, 2.24) is 9.55 Å². The number of carbonyl (C=O) groups is 1. The molecule has 0 radical (unpaired) electrons. The van der Waals surface area contributed by atoms with Crippen LogP contribution in [0.15, 0.2) is 42.7 Å². The Morgan fingerprint density at radius 3 is 2.73 bits per heavy atom. The second kappa shape index (κ2) is 7.11. The van der Waals surface area contributed by atoms with Crippen molar-refractivity contribution in [3.8, 4) is 0 Å². The maximum atomic E-state index is 13.9. The fraction of sp³-hybridized carbons (Fsp3) is 0.250. The second-order valence-electron chi connectivity index (χ2n) is 4.77. The summed E-state index contributed by atoms with van der Waals surface area (Å²) >= 11 is 4.55. The third-order valence-corrected chi connectivity index (χ3v) is 3.37. The molecule has 0 amide bonds. The molecule has 2 rings (SSSR count). The molecule has 1 aromatic carbocycles. The highest BCUT2D eigenvalue weighted by atomic mass is 32.1. The van der Waals surface area contributed by atoms with E-state index in [4.69, 9.17) is 4.74 Å². The molecular weight excluding hydrogens is 303 g/mol. The van der Waals surface area contributed by atoms with Gasteiger partial charge in [0, 0.05) is 6.08 Å². The van der Waals surface area contributed by atoms with Gasteiger partial charge in [0.05, 0.1) is 12.4 Å². The summed E-state index contributed by atoms with van der Waals surface area (Å²) in [6.45, 7) is 3.48. The molecule has 0 saturated carbocycles. The molecule has 0 aliphatic carbocycles. The number of esters is 1. The van der Waals surface area contributed by atoms with Gasteiger partial charge in [0.15, 0.2) is 5.69 Å². The zero-order valence-electron chi connectivity index (χ0n) is 12.2. The van der Waals surface area contributed by atoms with Crippen molar-refractivity contribution in [1.29, 1.82) is 0 Å². The SMILES string of the molecule is CC(C=C=S)OC(=O)c1c(F)ncn1[C@H](C)c1ccccc1. The molecule has 0 saturated heterocycles. The van der Waals surface area contributed by atoms with E-state index in [1.807, 2.05) is 37.3 Å². The van der Waals surface area contributed by atoms with Gasteiger partial charge in [-0.05, 0) is 36.7 Å². The molecule has 0 bridgehead atoms. The van der Waals surface area contributed by atoms with Crippen LogP contribution in [0, 0.1) is 5.95 Å². The number of hydrogen-bond acceptors (Lipinski definition) is 4. The summed E-state index contributed by atoms with van der Waals surface area (Å²) < 4.78 is 20.5. The minimum Gasteiger partial charge on any atom is -0.453 e. The van der Waals surface area contributed by atoms with Crippen LogP contribution in [0.4, 0.5) is 4.39 Å². The van der Waals surface area contributed by atoms with Gasteiger partial charge in [-0.3, -0.25) is 0 Å². The molecule has 1 heterocycles. The number of ether oxygens (including phenoxy) is 1. The van der Waals surface area contributed by atoms with E-state index < -0.39 is 18.0 Å². The maximum Gasteiger partial charge on any atom is 0.360 e. The number of benzene rings is 1. The fourth-order valence-electron chi connectivity index (χ4n) is 2.07. The first-order chi connectivity index (χ1) is 10.5. The first kappa shape index (κ1) is 16.1. The number of thiocarbonyl (C=S) groups is 1. The zero-order chi connectivity index (χ0) is 16.1. The molecule has 2 atom stereocenters. The minimum absolute atomic E-state index is 0.207. The minimum atomic E-state index is -0.855. The van der Waals surface area contributed by atoms with Gasteiger partial charge in [-0.15, -0.1) is 0 Å². The molecule has 0 aliphatic rings. The van der Waals surface area contributed by atoms with Crippen LogP contribution in [0.5, 0.6) is 0 Å². The third kappa shape index (κ3) is 3.47. The highest BCUT2D eigenvalue weighted by Crippen LogP contribution is 2.21. The average Bonchev–Trinajstić information content (AvgIpc) is 2.89. The van der Waals surface area contributed by atoms with Crippen molar-refractivity contribution in [2.75, 3.05) is 0 Å². The summed E-state index contributed by atoms with van der Waals surface area (Å²) in [5.41, 5.74) is 0.724. The number of imidazole rings is 1. The van der Waals surface area contributed by atoms with Gasteiger partial charge in [0.25, 0.3) is 0 Å². The molecular formula is C16H15FN2O2S. The summed E-state index contributed by atoms with van der Waals surface area (Å²) in [6.07, 6.45) is 2.12. The number of hydrogen-bond donors (Lipinski definition) is 0. The molecule has 0 aliphatic heterocycles. The van der Waals surface area contributed by atoms with Crippen LogP contribution in [0.1, 0.15) is 35.9 Å². The van der Waals surface area contributed by atoms with Crippen molar-refractivity contribution in [2.24, 2.45) is 0 Å². The Balaban J connectivity index is 2.32. The van der Waals surface area contributed by atoms with Crippen LogP contribution in [0.3, 0.4) is 0 Å². The molecule has 6 heteroatoms. The number of nitrogens with zero attached hydrogens (tertiary/aromatic N) is 2. The van der Waals surface area contributed by atoms with Gasteiger partial charge in [-0.2, -0.15) is 4.39 Å². The normalized spacial score (nSPS) is 13.0. The van der Waals surface area contributed by atoms with Crippen molar-refractivity contribution < 1.29 is 13.9 Å². The van der Waals surface area contributed by atoms with Gasteiger partial charge in [0.2, 0.25) is 5.95 Å². The van der Waals surface area contributed by atoms with E-state index in [0.717, 1.165) is 5.56 Å². The topological polar surface area (TPSA) is 44.1 Å². The molecule has 2 aromatic rings. The monoisotopic (exact) mass is 318 g/mol. The number of halogens is 1. The fourth-order valence-corrected chi connectivity index (χ4v) is 2.26. The van der Waals surface area contributed by atoms with Crippen LogP contribution in [-0.2, 0) is 4.74 Å². The Hall–Kier alpha value is -2.30. The standard InChI is InChI=1S/C16H15FN2O2S/c1-11(8-9-22)21-16(20)14-15(17)18-10-19(14)12(2)13-6-4-3-5-7-13/h3-8,10-12H,1-2H3/t11?,12-/m1/s1. The summed E-state index contributed by atoms with van der Waals surface area (Å²) in [7, 11) is 0. The molecule has 0 fully saturated rings. The highest BCUT2D eigenvalue weighted by molar-refractivity contribution is 7.78. The van der Waals surface area contributed by atoms with Crippen LogP contribution in [-0.4, -0.2) is 26.6 Å². The first-order valence-corrected chi connectivity index (χ1v) is 7.14. The molecule has 114 valence electrons. The van der Waals surface area contributed by atoms with Crippen molar-refractivity contribution in [3.05, 3.63) is 59.9 Å². The van der Waals surface area contributed by atoms with Gasteiger partial charge < -0.3 is 9.30 Å². The summed E-state index contributed by atoms with van der Waals surface area (Å²) in [5, 5.41) is 2.36. The van der Waals surface area contributed by atoms with Crippen molar-refractivity contribution in [2.45, 2.75) is 26.0 Å². The molecule has 0 spiro atoms. The van der Waals surface area contributed by atoms with Crippen LogP contribution < -0.4 is 0 Å². The predicted octanol–water partition coefficient (Wildman–Crippen LogP) is 3.33. The molecule has 4 nitrogen and oxygen atoms in total. The lowest BCUT2D eigenvalue weighted by Gasteiger charge is -2.17. The highest BCUT2D eigenvalue weighted by Gasteiger charge is 2.24. The van der Waals surface area contributed by atoms with E-state index in [1.165, 1.54) is 17.0 Å². The van der Waals surface area contributed by atoms with Crippen LogP contribution in [0.2, 0.25) is 0 Å². The Bertz CT molecular complexity index is 708. The third-order valence-electron chi connectivity index (χ3n) is 3.24. The van der Waals surface area contributed by atoms with E-state index in [-0.39, 0.29) is 11.7 Å². The Morgan fingerprint density at radius 2 is 2.09 bits per heavy atom. The van der Waals surface area contributed by atoms with Gasteiger partial charge in [0.1, 0.15) is 6.10 Å². The van der Waals surface area contributed by atoms with E-state index in [0.29, 0.717) is 0 Å². The summed E-state index contributed by atoms with van der Waals surface area (Å²) in [5.74, 6) is -1.64. The van der Waals surface area contributed by atoms with Gasteiger partial charge >= 0.3 is 5.97 Å². The summed E-state index contributed by atoms with van der Waals surface area (Å²) in [4.78, 5) is 15.8. The Kier molecular flexibility index (Phi) is 5.20. The van der Waals surface area contributed by atoms with Crippen LogP contribution >= 0.6 is 12.2 Å². The second-order valence-corrected chi connectivity index (χ2v) is 5.01. The number of carbonyl (C=O) groups excluding carboxylic acids is 1. The first-order valence-electron chi connectivity index (χ1n) is 6.73. The number of rotatable bonds is 5. The molecule has 0 N–H and O–H groups in total. The van der Waals surface area contributed by atoms with Crippen LogP contribution in [0.25, 0.3) is 0 Å². The largest absolute Gasteiger partial charge is 0.453 e. The van der Waals surface area contributed by atoms with E-state index in [1.54, 1.807) is 6.92 Å². The van der Waals surface area contributed by atoms with E-state index >= 15 is 0 Å². The smallest absolute Gasteiger partial charge is 0.360 e. The lowest BCUT2D eigenvalue weighted by molar-refractivity contribution is 0.0406. The molecule has 22 heavy (non-hydrogen) atoms. The van der Waals surface area contributed by atoms with Gasteiger partial charge in [-0.1, -0.05) is 30.3 Å². The lowest BCUT2D eigenvalue weighted by atomic mass is 10.1. The Labute approximate surface area is 133 Å². The maximum absolute atomic E-state index is 13.9. The lowest BCUT2D eigenvalue weighted by Crippen LogP contribution is -2.20. The van der Waals surface area contributed by atoms with E-state index in [2.05, 4.69) is 22.2 Å². The zero-order valence-corrected chi connectivity index (χ0v) is 13.0. The average molecular weight is 318 g/mol. The summed E-state index contributed by atoms with van der Waals surface area (Å²) in [6, 6.07) is 9.19. The van der Waals surface area contributed by atoms with E-state index in [9.17, 15) is 9.18 Å². The number of aromatic nitrogens is 2. The van der Waals surface area contributed by atoms with Crippen molar-refractivity contribution >= 4 is 23.2 Å². The Morgan fingerprint density at radius 1 is 1.41 bits per heavy atom. The quantitative estimate of drug-likeness (QED) is 0.626. The molecule has 1 aromatic heterocycles.